The third-order valence-electron chi connectivity index (χ3n) is 3.05. The molecule has 0 atom stereocenters. The molecule has 4 nitrogen and oxygen atoms in total. The van der Waals surface area contributed by atoms with Gasteiger partial charge in [-0.05, 0) is 19.2 Å². The van der Waals surface area contributed by atoms with Crippen molar-refractivity contribution in [3.63, 3.8) is 0 Å². The van der Waals surface area contributed by atoms with E-state index in [2.05, 4.69) is 42.9 Å². The summed E-state index contributed by atoms with van der Waals surface area (Å²) in [5.74, 6) is 0.905. The molecule has 0 amide bonds. The lowest BCUT2D eigenvalue weighted by Gasteiger charge is -2.18. The lowest BCUT2D eigenvalue weighted by atomic mass is 10.3. The van der Waals surface area contributed by atoms with Gasteiger partial charge in [-0.1, -0.05) is 27.7 Å². The molecule has 0 aliphatic rings. The van der Waals surface area contributed by atoms with E-state index in [9.17, 15) is 0 Å². The molecule has 0 bridgehead atoms. The van der Waals surface area contributed by atoms with Crippen LogP contribution in [0.1, 0.15) is 33.4 Å². The first-order valence-corrected chi connectivity index (χ1v) is 7.19. The fraction of sp³-hybridized carbons (Fsp3) is 0.667. The van der Waals surface area contributed by atoms with Crippen LogP contribution in [-0.2, 0) is 6.54 Å². The number of nitrogens with one attached hydrogen (secondary N) is 1. The Labute approximate surface area is 117 Å². The van der Waals surface area contributed by atoms with Crippen molar-refractivity contribution in [1.82, 2.24) is 15.2 Å². The maximum absolute atomic E-state index is 5.78. The highest BCUT2D eigenvalue weighted by Crippen LogP contribution is 2.11. The van der Waals surface area contributed by atoms with Crippen LogP contribution in [0.15, 0.2) is 18.3 Å². The number of hydrogen-bond acceptors (Lipinski definition) is 4. The van der Waals surface area contributed by atoms with Crippen LogP contribution < -0.4 is 10.1 Å². The van der Waals surface area contributed by atoms with Gasteiger partial charge >= 0.3 is 0 Å². The Kier molecular flexibility index (Phi) is 7.45. The minimum absolute atomic E-state index is 0.467. The van der Waals surface area contributed by atoms with Crippen molar-refractivity contribution in [3.8, 4) is 5.75 Å². The van der Waals surface area contributed by atoms with Crippen LogP contribution in [0.2, 0.25) is 0 Å². The molecule has 1 N–H and O–H groups in total. The zero-order valence-electron chi connectivity index (χ0n) is 12.6. The van der Waals surface area contributed by atoms with E-state index in [-0.39, 0.29) is 0 Å². The maximum Gasteiger partial charge on any atom is 0.122 e. The number of aromatic nitrogens is 1. The van der Waals surface area contributed by atoms with Crippen molar-refractivity contribution in [3.05, 3.63) is 24.0 Å². The molecular weight excluding hydrogens is 238 g/mol. The number of hydrogen-bond donors (Lipinski definition) is 1. The van der Waals surface area contributed by atoms with Gasteiger partial charge in [0.1, 0.15) is 12.4 Å². The fourth-order valence-electron chi connectivity index (χ4n) is 1.78. The van der Waals surface area contributed by atoms with Crippen molar-refractivity contribution < 1.29 is 4.74 Å². The molecule has 108 valence electrons. The van der Waals surface area contributed by atoms with Crippen LogP contribution in [0.4, 0.5) is 0 Å². The average molecular weight is 265 g/mol. The Bertz CT molecular complexity index is 351. The standard InChI is InChI=1S/C15H27N3O/c1-5-18(6-2)9-10-19-15-7-8-16-14(11-15)12-17-13(3)4/h7-8,11,13,17H,5-6,9-10,12H2,1-4H3. The van der Waals surface area contributed by atoms with Crippen molar-refractivity contribution in [1.29, 1.82) is 0 Å². The molecule has 0 saturated carbocycles. The molecule has 0 aliphatic heterocycles. The quantitative estimate of drug-likeness (QED) is 0.743. The van der Waals surface area contributed by atoms with E-state index in [0.717, 1.165) is 44.2 Å². The molecule has 0 radical (unpaired) electrons. The summed E-state index contributed by atoms with van der Waals surface area (Å²) >= 11 is 0. The normalized spacial score (nSPS) is 11.3. The largest absolute Gasteiger partial charge is 0.492 e. The zero-order chi connectivity index (χ0) is 14.1. The number of likely N-dealkylation sites (N-methyl/N-ethyl adjacent to an activating group) is 1. The van der Waals surface area contributed by atoms with Crippen LogP contribution in [0, 0.1) is 0 Å². The molecule has 1 rings (SSSR count). The van der Waals surface area contributed by atoms with Gasteiger partial charge in [-0.15, -0.1) is 0 Å². The van der Waals surface area contributed by atoms with E-state index in [1.807, 2.05) is 18.3 Å². The second kappa shape index (κ2) is 8.88. The predicted octanol–water partition coefficient (Wildman–Crippen LogP) is 2.30. The molecule has 1 aromatic rings. The van der Waals surface area contributed by atoms with Gasteiger partial charge in [0, 0.05) is 31.4 Å². The summed E-state index contributed by atoms with van der Waals surface area (Å²) in [6.07, 6.45) is 1.81. The van der Waals surface area contributed by atoms with Crippen LogP contribution in [0.3, 0.4) is 0 Å². The second-order valence-electron chi connectivity index (χ2n) is 4.89. The second-order valence-corrected chi connectivity index (χ2v) is 4.89. The Balaban J connectivity index is 2.39. The summed E-state index contributed by atoms with van der Waals surface area (Å²) in [6.45, 7) is 13.2. The first-order chi connectivity index (χ1) is 9.15. The SMILES string of the molecule is CCN(CC)CCOc1ccnc(CNC(C)C)c1. The topological polar surface area (TPSA) is 37.4 Å². The molecule has 0 saturated heterocycles. The van der Waals surface area contributed by atoms with Gasteiger partial charge in [0.05, 0.1) is 5.69 Å². The van der Waals surface area contributed by atoms with Crippen molar-refractivity contribution >= 4 is 0 Å². The van der Waals surface area contributed by atoms with E-state index >= 15 is 0 Å². The van der Waals surface area contributed by atoms with Gasteiger partial charge in [-0.25, -0.2) is 0 Å². The zero-order valence-corrected chi connectivity index (χ0v) is 12.6. The molecule has 1 aromatic heterocycles. The highest BCUT2D eigenvalue weighted by molar-refractivity contribution is 5.22. The van der Waals surface area contributed by atoms with E-state index in [1.165, 1.54) is 0 Å². The first-order valence-electron chi connectivity index (χ1n) is 7.19. The van der Waals surface area contributed by atoms with Crippen molar-refractivity contribution in [2.24, 2.45) is 0 Å². The summed E-state index contributed by atoms with van der Waals surface area (Å²) in [7, 11) is 0. The lowest BCUT2D eigenvalue weighted by Crippen LogP contribution is -2.28. The molecule has 0 fully saturated rings. The average Bonchev–Trinajstić information content (AvgIpc) is 2.42. The van der Waals surface area contributed by atoms with E-state index in [0.29, 0.717) is 6.04 Å². The highest BCUT2D eigenvalue weighted by Gasteiger charge is 2.02. The third kappa shape index (κ3) is 6.55. The smallest absolute Gasteiger partial charge is 0.122 e. The van der Waals surface area contributed by atoms with E-state index in [4.69, 9.17) is 4.74 Å². The summed E-state index contributed by atoms with van der Waals surface area (Å²) in [4.78, 5) is 6.68. The van der Waals surface area contributed by atoms with Crippen LogP contribution in [-0.4, -0.2) is 42.2 Å². The monoisotopic (exact) mass is 265 g/mol. The van der Waals surface area contributed by atoms with Gasteiger partial charge in [0.25, 0.3) is 0 Å². The molecule has 0 spiro atoms. The molecule has 19 heavy (non-hydrogen) atoms. The summed E-state index contributed by atoms with van der Waals surface area (Å²) in [5, 5.41) is 3.36. The Morgan fingerprint density at radius 1 is 1.32 bits per heavy atom. The first kappa shape index (κ1) is 15.9. The summed E-state index contributed by atoms with van der Waals surface area (Å²) in [6, 6.07) is 4.40. The fourth-order valence-corrected chi connectivity index (χ4v) is 1.78. The van der Waals surface area contributed by atoms with Gasteiger partial charge in [0.2, 0.25) is 0 Å². The highest BCUT2D eigenvalue weighted by atomic mass is 16.5. The summed E-state index contributed by atoms with van der Waals surface area (Å²) in [5.41, 5.74) is 1.02. The lowest BCUT2D eigenvalue weighted by molar-refractivity contribution is 0.222. The number of ether oxygens (including phenoxy) is 1. The van der Waals surface area contributed by atoms with Gasteiger partial charge < -0.3 is 15.0 Å². The minimum atomic E-state index is 0.467. The van der Waals surface area contributed by atoms with Crippen molar-refractivity contribution in [2.45, 2.75) is 40.3 Å². The molecule has 0 aromatic carbocycles. The predicted molar refractivity (Wildman–Crippen MR) is 79.5 cm³/mol. The molecule has 0 aliphatic carbocycles. The number of pyridine rings is 1. The van der Waals surface area contributed by atoms with E-state index in [1.54, 1.807) is 0 Å². The van der Waals surface area contributed by atoms with Crippen LogP contribution in [0.25, 0.3) is 0 Å². The number of rotatable bonds is 9. The number of nitrogens with zero attached hydrogens (tertiary/aromatic N) is 2. The third-order valence-corrected chi connectivity index (χ3v) is 3.05. The Morgan fingerprint density at radius 3 is 2.68 bits per heavy atom. The molecule has 0 unspecified atom stereocenters. The maximum atomic E-state index is 5.78. The summed E-state index contributed by atoms with van der Waals surface area (Å²) < 4.78 is 5.78. The Hall–Kier alpha value is -1.13. The minimum Gasteiger partial charge on any atom is -0.492 e. The van der Waals surface area contributed by atoms with Crippen molar-refractivity contribution in [2.75, 3.05) is 26.2 Å². The molecular formula is C15H27N3O. The van der Waals surface area contributed by atoms with Gasteiger partial charge in [0.15, 0.2) is 0 Å². The van der Waals surface area contributed by atoms with Gasteiger partial charge in [-0.3, -0.25) is 4.98 Å². The molecule has 1 heterocycles. The van der Waals surface area contributed by atoms with Crippen LogP contribution >= 0.6 is 0 Å². The van der Waals surface area contributed by atoms with Gasteiger partial charge in [-0.2, -0.15) is 0 Å². The van der Waals surface area contributed by atoms with Crippen LogP contribution in [0.5, 0.6) is 5.75 Å². The Morgan fingerprint density at radius 2 is 2.05 bits per heavy atom. The van der Waals surface area contributed by atoms with E-state index < -0.39 is 0 Å². The molecule has 4 heteroatoms.